The van der Waals surface area contributed by atoms with Gasteiger partial charge in [-0.05, 0) is 109 Å². The second-order valence-electron chi connectivity index (χ2n) is 16.6. The lowest BCUT2D eigenvalue weighted by Gasteiger charge is -2.26. The van der Waals surface area contributed by atoms with Gasteiger partial charge in [-0.25, -0.2) is 29.3 Å². The second kappa shape index (κ2) is 18.6. The first kappa shape index (κ1) is 43.0. The van der Waals surface area contributed by atoms with E-state index in [4.69, 9.17) is 36.3 Å². The van der Waals surface area contributed by atoms with Gasteiger partial charge in [0.2, 0.25) is 11.4 Å². The van der Waals surface area contributed by atoms with Crippen molar-refractivity contribution in [2.45, 2.75) is 0 Å². The summed E-state index contributed by atoms with van der Waals surface area (Å²) in [6, 6.07) is 73.5. The number of hydrogen-bond donors (Lipinski definition) is 0. The molecule has 0 unspecified atom stereocenters. The second-order valence-corrected chi connectivity index (χ2v) is 16.6. The van der Waals surface area contributed by atoms with Crippen LogP contribution in [0.5, 0.6) is 0 Å². The first-order valence-corrected chi connectivity index (χ1v) is 22.7. The summed E-state index contributed by atoms with van der Waals surface area (Å²) in [6.45, 7) is 33.4. The predicted octanol–water partition coefficient (Wildman–Crippen LogP) is 17.7. The number of rotatable bonds is 10. The predicted molar refractivity (Wildman–Crippen MR) is 287 cm³/mol. The molecule has 9 heteroatoms. The van der Waals surface area contributed by atoms with E-state index < -0.39 is 0 Å². The largest absolute Gasteiger partial charge is 0.329 e. The molecule has 0 aliphatic rings. The topological polar surface area (TPSA) is 54.6 Å². The highest BCUT2D eigenvalue weighted by molar-refractivity contribution is 6.13. The number of benzene rings is 9. The van der Waals surface area contributed by atoms with Crippen LogP contribution < -0.4 is 9.80 Å². The Kier molecular flexibility index (Phi) is 11.3. The van der Waals surface area contributed by atoms with Crippen molar-refractivity contribution < 1.29 is 0 Å². The number of hydrogen-bond acceptors (Lipinski definition) is 4. The van der Waals surface area contributed by atoms with Crippen molar-refractivity contribution in [1.82, 2.24) is 14.5 Å². The van der Waals surface area contributed by atoms with Crippen molar-refractivity contribution in [3.05, 3.63) is 270 Å². The van der Waals surface area contributed by atoms with Crippen LogP contribution in [0.25, 0.3) is 80.8 Å². The van der Waals surface area contributed by atoms with Gasteiger partial charge in [0, 0.05) is 56.0 Å². The van der Waals surface area contributed by atoms with Crippen molar-refractivity contribution >= 4 is 78.7 Å². The molecular formula is C62H37N9. The minimum Gasteiger partial charge on any atom is -0.329 e. The normalized spacial score (nSPS) is 10.8. The summed E-state index contributed by atoms with van der Waals surface area (Å²) >= 11 is 0. The molecule has 0 saturated heterocycles. The van der Waals surface area contributed by atoms with Gasteiger partial charge < -0.3 is 14.4 Å². The smallest absolute Gasteiger partial charge is 0.200 e. The molecule has 9 aromatic carbocycles. The molecule has 0 spiro atoms. The highest BCUT2D eigenvalue weighted by Crippen LogP contribution is 2.47. The van der Waals surface area contributed by atoms with Crippen LogP contribution >= 0.6 is 0 Å². The fraction of sp³-hybridized carbons (Fsp3) is 0. The lowest BCUT2D eigenvalue weighted by Crippen LogP contribution is -2.09. The van der Waals surface area contributed by atoms with E-state index >= 15 is 0 Å². The Hall–Kier alpha value is -10.6. The van der Waals surface area contributed by atoms with Crippen LogP contribution in [-0.4, -0.2) is 14.5 Å². The summed E-state index contributed by atoms with van der Waals surface area (Å²) < 4.78 is 2.04. The third kappa shape index (κ3) is 7.91. The fourth-order valence-corrected chi connectivity index (χ4v) is 9.27. The van der Waals surface area contributed by atoms with Crippen molar-refractivity contribution in [1.29, 1.82) is 0 Å². The van der Waals surface area contributed by atoms with Crippen molar-refractivity contribution in [2.75, 3.05) is 9.80 Å². The molecule has 11 rings (SSSR count). The van der Waals surface area contributed by atoms with E-state index in [0.717, 1.165) is 55.9 Å². The van der Waals surface area contributed by atoms with Gasteiger partial charge in [-0.15, -0.1) is 0 Å². The Morgan fingerprint density at radius 3 is 1.15 bits per heavy atom. The van der Waals surface area contributed by atoms with Gasteiger partial charge in [0.15, 0.2) is 11.4 Å². The molecule has 11 aromatic rings. The van der Waals surface area contributed by atoms with Crippen LogP contribution in [-0.2, 0) is 0 Å². The fourth-order valence-electron chi connectivity index (χ4n) is 9.27. The van der Waals surface area contributed by atoms with Gasteiger partial charge in [-0.2, -0.15) is 0 Å². The minimum absolute atomic E-state index is 0.246. The Balaban J connectivity index is 1.16. The van der Waals surface area contributed by atoms with E-state index in [2.05, 4.69) is 114 Å². The van der Waals surface area contributed by atoms with E-state index in [0.29, 0.717) is 45.1 Å². The Bertz CT molecular complexity index is 3660. The van der Waals surface area contributed by atoms with E-state index in [1.165, 1.54) is 0 Å². The maximum absolute atomic E-state index is 8.75. The molecular weight excluding hydrogens is 871 g/mol. The summed E-state index contributed by atoms with van der Waals surface area (Å²) in [6.07, 6.45) is 0. The molecule has 0 amide bonds. The van der Waals surface area contributed by atoms with E-state index in [-0.39, 0.29) is 17.2 Å². The zero-order chi connectivity index (χ0) is 48.3. The molecule has 0 atom stereocenters. The van der Waals surface area contributed by atoms with Gasteiger partial charge in [-0.1, -0.05) is 121 Å². The molecule has 0 aliphatic heterocycles. The summed E-state index contributed by atoms with van der Waals surface area (Å²) in [5.74, 6) is 0.288. The van der Waals surface area contributed by atoms with Crippen molar-refractivity contribution in [3.63, 3.8) is 0 Å². The maximum atomic E-state index is 8.75. The molecule has 0 fully saturated rings. The van der Waals surface area contributed by atoms with Gasteiger partial charge in [0.05, 0.1) is 54.4 Å². The quantitative estimate of drug-likeness (QED) is 0.128. The lowest BCUT2D eigenvalue weighted by atomic mass is 10.0. The summed E-state index contributed by atoms with van der Waals surface area (Å²) in [7, 11) is 0. The van der Waals surface area contributed by atoms with E-state index in [9.17, 15) is 0 Å². The molecule has 2 heterocycles. The standard InChI is InChI=1S/C62H37N9/c1-63-53-31-19-17-29-49(53)56-41-55(67-62(68-56)50-30-18-20-32-54(50)64-2)42-37-57(65-3)61(58(38-42)66-4)71-59-35-33-47(69(43-21-9-5-10-22-43)44-23-11-6-12-24-44)39-51(59)52-40-48(34-36-60(52)71)70(45-25-13-7-14-26-45)46-27-15-8-16-28-46/h5-41H. The molecule has 0 radical (unpaired) electrons. The zero-order valence-electron chi connectivity index (χ0n) is 37.9. The number of fused-ring (bicyclic) bond motifs is 3. The van der Waals surface area contributed by atoms with Gasteiger partial charge in [-0.3, -0.25) is 0 Å². The molecule has 9 nitrogen and oxygen atoms in total. The number of para-hydroxylation sites is 6. The van der Waals surface area contributed by atoms with Crippen LogP contribution in [0, 0.1) is 26.3 Å². The minimum atomic E-state index is 0.246. The van der Waals surface area contributed by atoms with E-state index in [1.54, 1.807) is 48.5 Å². The average molecular weight is 908 g/mol. The van der Waals surface area contributed by atoms with Gasteiger partial charge in [0.1, 0.15) is 5.82 Å². The lowest BCUT2D eigenvalue weighted by molar-refractivity contribution is 1.18. The summed E-state index contributed by atoms with van der Waals surface area (Å²) in [5, 5.41) is 1.85. The zero-order valence-corrected chi connectivity index (χ0v) is 37.9. The number of anilines is 6. The van der Waals surface area contributed by atoms with Crippen molar-refractivity contribution in [3.8, 4) is 39.6 Å². The highest BCUT2D eigenvalue weighted by Gasteiger charge is 2.24. The molecule has 2 aromatic heterocycles. The van der Waals surface area contributed by atoms with Crippen LogP contribution in [0.1, 0.15) is 0 Å². The first-order chi connectivity index (χ1) is 35.0. The highest BCUT2D eigenvalue weighted by atomic mass is 15.2. The van der Waals surface area contributed by atoms with Crippen LogP contribution in [0.15, 0.2) is 224 Å². The Morgan fingerprint density at radius 1 is 0.338 bits per heavy atom. The Morgan fingerprint density at radius 2 is 0.718 bits per heavy atom. The number of nitrogens with zero attached hydrogens (tertiary/aromatic N) is 9. The molecule has 0 aliphatic carbocycles. The number of aromatic nitrogens is 3. The van der Waals surface area contributed by atoms with E-state index in [1.807, 2.05) is 95.6 Å². The molecule has 330 valence electrons. The van der Waals surface area contributed by atoms with Crippen LogP contribution in [0.4, 0.5) is 56.9 Å². The molecule has 71 heavy (non-hydrogen) atoms. The van der Waals surface area contributed by atoms with Crippen LogP contribution in [0.3, 0.4) is 0 Å². The molecule has 0 N–H and O–H groups in total. The summed E-state index contributed by atoms with van der Waals surface area (Å²) in [4.78, 5) is 30.2. The third-order valence-electron chi connectivity index (χ3n) is 12.4. The molecule has 0 saturated carbocycles. The first-order valence-electron chi connectivity index (χ1n) is 22.7. The monoisotopic (exact) mass is 907 g/mol. The SMILES string of the molecule is [C-]#[N+]c1ccccc1-c1cc(-c2cc([N+]#[C-])c(-n3c4ccc(N(c5ccccc5)c5ccccc5)cc4c4cc(N(c5ccccc5)c5ccccc5)ccc43)c([N+]#[C-])c2)nc(-c2ccccc2[N+]#[C-])n1. The average Bonchev–Trinajstić information content (AvgIpc) is 3.76. The third-order valence-corrected chi connectivity index (χ3v) is 12.4. The van der Waals surface area contributed by atoms with Gasteiger partial charge >= 0.3 is 0 Å². The maximum Gasteiger partial charge on any atom is 0.200 e. The summed E-state index contributed by atoms with van der Waals surface area (Å²) in [5.41, 5.74) is 11.7. The van der Waals surface area contributed by atoms with Gasteiger partial charge in [0.25, 0.3) is 0 Å². The Labute approximate surface area is 410 Å². The van der Waals surface area contributed by atoms with Crippen molar-refractivity contribution in [2.24, 2.45) is 0 Å². The van der Waals surface area contributed by atoms with Crippen LogP contribution in [0.2, 0.25) is 0 Å². The molecule has 0 bridgehead atoms.